The lowest BCUT2D eigenvalue weighted by Gasteiger charge is -2.29. The van der Waals surface area contributed by atoms with Crippen molar-refractivity contribution in [2.24, 2.45) is 0 Å². The summed E-state index contributed by atoms with van der Waals surface area (Å²) in [6.45, 7) is 0.570. The lowest BCUT2D eigenvalue weighted by molar-refractivity contribution is -0.145. The molecule has 2 rings (SSSR count). The third kappa shape index (κ3) is 0.896. The molecule has 5 heteroatoms. The van der Waals surface area contributed by atoms with E-state index >= 15 is 0 Å². The first-order valence-electron chi connectivity index (χ1n) is 3.95. The molecule has 0 aromatic rings. The summed E-state index contributed by atoms with van der Waals surface area (Å²) in [5.41, 5.74) is 0. The largest absolute Gasteiger partial charge is 0.390 e. The SMILES string of the molecule is O=C1NCC(=O)N2CCC(O)[C@@H]12. The van der Waals surface area contributed by atoms with Gasteiger partial charge in [0.2, 0.25) is 11.8 Å². The molecule has 12 heavy (non-hydrogen) atoms. The zero-order valence-corrected chi connectivity index (χ0v) is 6.49. The molecule has 0 aromatic heterocycles. The van der Waals surface area contributed by atoms with Crippen molar-refractivity contribution >= 4 is 11.8 Å². The van der Waals surface area contributed by atoms with Crippen LogP contribution in [0.1, 0.15) is 6.42 Å². The summed E-state index contributed by atoms with van der Waals surface area (Å²) in [5, 5.41) is 11.8. The highest BCUT2D eigenvalue weighted by atomic mass is 16.3. The molecule has 0 bridgehead atoms. The summed E-state index contributed by atoms with van der Waals surface area (Å²) >= 11 is 0. The Hall–Kier alpha value is -1.10. The Kier molecular flexibility index (Phi) is 1.54. The minimum atomic E-state index is -0.686. The average Bonchev–Trinajstić information content (AvgIpc) is 2.42. The lowest BCUT2D eigenvalue weighted by atomic mass is 10.1. The number of piperazine rings is 1. The van der Waals surface area contributed by atoms with Gasteiger partial charge in [0, 0.05) is 6.54 Å². The molecule has 2 N–H and O–H groups in total. The van der Waals surface area contributed by atoms with Gasteiger partial charge in [0.1, 0.15) is 6.04 Å². The number of hydrogen-bond donors (Lipinski definition) is 2. The molecule has 2 aliphatic rings. The van der Waals surface area contributed by atoms with E-state index in [0.29, 0.717) is 13.0 Å². The third-order valence-corrected chi connectivity index (χ3v) is 2.37. The van der Waals surface area contributed by atoms with E-state index in [1.165, 1.54) is 4.90 Å². The highest BCUT2D eigenvalue weighted by molar-refractivity contribution is 5.95. The Morgan fingerprint density at radius 1 is 1.50 bits per heavy atom. The van der Waals surface area contributed by atoms with E-state index in [-0.39, 0.29) is 18.4 Å². The van der Waals surface area contributed by atoms with Gasteiger partial charge in [0.05, 0.1) is 12.6 Å². The van der Waals surface area contributed by atoms with Crippen LogP contribution >= 0.6 is 0 Å². The Morgan fingerprint density at radius 3 is 2.92 bits per heavy atom. The van der Waals surface area contributed by atoms with Crippen molar-refractivity contribution in [3.8, 4) is 0 Å². The number of carbonyl (C=O) groups is 2. The molecular weight excluding hydrogens is 160 g/mol. The fourth-order valence-corrected chi connectivity index (χ4v) is 1.74. The smallest absolute Gasteiger partial charge is 0.245 e. The summed E-state index contributed by atoms with van der Waals surface area (Å²) in [7, 11) is 0. The van der Waals surface area contributed by atoms with Crippen molar-refractivity contribution in [1.82, 2.24) is 10.2 Å². The van der Waals surface area contributed by atoms with E-state index in [0.717, 1.165) is 0 Å². The van der Waals surface area contributed by atoms with E-state index < -0.39 is 12.1 Å². The predicted octanol–water partition coefficient (Wildman–Crippen LogP) is -1.92. The summed E-state index contributed by atoms with van der Waals surface area (Å²) in [5.74, 6) is -0.337. The summed E-state index contributed by atoms with van der Waals surface area (Å²) < 4.78 is 0. The van der Waals surface area contributed by atoms with Gasteiger partial charge in [-0.05, 0) is 6.42 Å². The fourth-order valence-electron chi connectivity index (χ4n) is 1.74. The minimum Gasteiger partial charge on any atom is -0.390 e. The number of aliphatic hydroxyl groups is 1. The van der Waals surface area contributed by atoms with Crippen molar-refractivity contribution in [2.45, 2.75) is 18.6 Å². The lowest BCUT2D eigenvalue weighted by Crippen LogP contribution is -2.58. The van der Waals surface area contributed by atoms with E-state index in [1.54, 1.807) is 0 Å². The van der Waals surface area contributed by atoms with Crippen LogP contribution in [0.2, 0.25) is 0 Å². The van der Waals surface area contributed by atoms with Crippen molar-refractivity contribution in [3.63, 3.8) is 0 Å². The van der Waals surface area contributed by atoms with Crippen LogP contribution in [0, 0.1) is 0 Å². The van der Waals surface area contributed by atoms with Crippen LogP contribution in [0.4, 0.5) is 0 Å². The van der Waals surface area contributed by atoms with E-state index in [4.69, 9.17) is 0 Å². The second-order valence-corrected chi connectivity index (χ2v) is 3.11. The van der Waals surface area contributed by atoms with Crippen LogP contribution in [-0.4, -0.2) is 47.1 Å². The number of fused-ring (bicyclic) bond motifs is 1. The maximum absolute atomic E-state index is 11.2. The molecule has 2 aliphatic heterocycles. The van der Waals surface area contributed by atoms with E-state index in [9.17, 15) is 14.7 Å². The van der Waals surface area contributed by atoms with Gasteiger partial charge < -0.3 is 15.3 Å². The quantitative estimate of drug-likeness (QED) is 0.445. The molecule has 2 heterocycles. The monoisotopic (exact) mass is 170 g/mol. The highest BCUT2D eigenvalue weighted by Gasteiger charge is 2.43. The third-order valence-electron chi connectivity index (χ3n) is 2.37. The first-order chi connectivity index (χ1) is 5.70. The summed E-state index contributed by atoms with van der Waals surface area (Å²) in [4.78, 5) is 23.8. The summed E-state index contributed by atoms with van der Waals surface area (Å²) in [6, 6.07) is -0.633. The second kappa shape index (κ2) is 2.45. The Bertz CT molecular complexity index is 241. The van der Waals surface area contributed by atoms with Gasteiger partial charge in [-0.2, -0.15) is 0 Å². The van der Waals surface area contributed by atoms with Crippen LogP contribution < -0.4 is 5.32 Å². The second-order valence-electron chi connectivity index (χ2n) is 3.11. The Balaban J connectivity index is 2.24. The Morgan fingerprint density at radius 2 is 2.25 bits per heavy atom. The topological polar surface area (TPSA) is 69.6 Å². The van der Waals surface area contributed by atoms with Gasteiger partial charge >= 0.3 is 0 Å². The first kappa shape index (κ1) is 7.54. The maximum atomic E-state index is 11.2. The van der Waals surface area contributed by atoms with Gasteiger partial charge in [-0.25, -0.2) is 0 Å². The molecule has 0 saturated carbocycles. The first-order valence-corrected chi connectivity index (χ1v) is 3.95. The van der Waals surface area contributed by atoms with Crippen LogP contribution in [-0.2, 0) is 9.59 Å². The zero-order valence-electron chi connectivity index (χ0n) is 6.49. The van der Waals surface area contributed by atoms with E-state index in [1.807, 2.05) is 0 Å². The molecule has 2 fully saturated rings. The minimum absolute atomic E-state index is 0.0715. The highest BCUT2D eigenvalue weighted by Crippen LogP contribution is 2.20. The number of carbonyl (C=O) groups excluding carboxylic acids is 2. The van der Waals surface area contributed by atoms with Crippen LogP contribution in [0.25, 0.3) is 0 Å². The van der Waals surface area contributed by atoms with Gasteiger partial charge in [-0.3, -0.25) is 9.59 Å². The average molecular weight is 170 g/mol. The number of aliphatic hydroxyl groups excluding tert-OH is 1. The van der Waals surface area contributed by atoms with Crippen molar-refractivity contribution in [3.05, 3.63) is 0 Å². The van der Waals surface area contributed by atoms with Gasteiger partial charge in [-0.1, -0.05) is 0 Å². The molecule has 0 aliphatic carbocycles. The number of rotatable bonds is 0. The maximum Gasteiger partial charge on any atom is 0.245 e. The molecule has 2 amide bonds. The molecule has 2 saturated heterocycles. The molecule has 1 unspecified atom stereocenters. The molecule has 0 radical (unpaired) electrons. The number of nitrogens with zero attached hydrogens (tertiary/aromatic N) is 1. The van der Waals surface area contributed by atoms with E-state index in [2.05, 4.69) is 5.32 Å². The molecule has 2 atom stereocenters. The number of amides is 2. The molecular formula is C7H10N2O3. The molecule has 0 aromatic carbocycles. The molecule has 66 valence electrons. The standard InChI is InChI=1S/C7H10N2O3/c10-4-1-2-9-5(11)3-8-7(12)6(4)9/h4,6,10H,1-3H2,(H,8,12)/t4?,6-/m0/s1. The Labute approximate surface area is 69.3 Å². The number of nitrogens with one attached hydrogen (secondary N) is 1. The van der Waals surface area contributed by atoms with Crippen LogP contribution in [0.5, 0.6) is 0 Å². The number of hydrogen-bond acceptors (Lipinski definition) is 3. The van der Waals surface area contributed by atoms with Crippen molar-refractivity contribution in [1.29, 1.82) is 0 Å². The van der Waals surface area contributed by atoms with Crippen molar-refractivity contribution in [2.75, 3.05) is 13.1 Å². The normalized spacial score (nSPS) is 34.9. The van der Waals surface area contributed by atoms with Gasteiger partial charge in [0.15, 0.2) is 0 Å². The van der Waals surface area contributed by atoms with Gasteiger partial charge in [-0.15, -0.1) is 0 Å². The van der Waals surface area contributed by atoms with Crippen LogP contribution in [0.15, 0.2) is 0 Å². The summed E-state index contributed by atoms with van der Waals surface area (Å²) in [6.07, 6.45) is -0.182. The fraction of sp³-hybridized carbons (Fsp3) is 0.714. The van der Waals surface area contributed by atoms with Gasteiger partial charge in [0.25, 0.3) is 0 Å². The molecule has 5 nitrogen and oxygen atoms in total. The van der Waals surface area contributed by atoms with Crippen LogP contribution in [0.3, 0.4) is 0 Å². The molecule has 0 spiro atoms. The van der Waals surface area contributed by atoms with Crippen molar-refractivity contribution < 1.29 is 14.7 Å². The predicted molar refractivity (Wildman–Crippen MR) is 39.1 cm³/mol. The zero-order chi connectivity index (χ0) is 8.72.